The summed E-state index contributed by atoms with van der Waals surface area (Å²) in [5, 5.41) is 2.95. The third-order valence-electron chi connectivity index (χ3n) is 3.88. The van der Waals surface area contributed by atoms with Crippen LogP contribution < -0.4 is 11.1 Å². The molecule has 0 bridgehead atoms. The second-order valence-electron chi connectivity index (χ2n) is 5.58. The van der Waals surface area contributed by atoms with Crippen LogP contribution in [0.3, 0.4) is 0 Å². The van der Waals surface area contributed by atoms with Crippen LogP contribution in [0, 0.1) is 12.8 Å². The second kappa shape index (κ2) is 7.06. The molecule has 1 aliphatic carbocycles. The van der Waals surface area contributed by atoms with Gasteiger partial charge in [-0.15, -0.1) is 11.3 Å². The van der Waals surface area contributed by atoms with E-state index in [1.54, 1.807) is 11.3 Å². The third kappa shape index (κ3) is 4.62. The fourth-order valence-corrected chi connectivity index (χ4v) is 3.60. The van der Waals surface area contributed by atoms with Gasteiger partial charge in [0.1, 0.15) is 0 Å². The molecule has 0 aromatic carbocycles. The molecule has 1 heterocycles. The van der Waals surface area contributed by atoms with Gasteiger partial charge in [0.15, 0.2) is 0 Å². The number of hydrogen-bond acceptors (Lipinski definition) is 3. The number of carbonyl (C=O) groups excluding carboxylic acids is 1. The van der Waals surface area contributed by atoms with E-state index in [0.29, 0.717) is 12.5 Å². The zero-order chi connectivity index (χ0) is 13.7. The van der Waals surface area contributed by atoms with Crippen molar-refractivity contribution in [2.75, 3.05) is 0 Å². The molecule has 4 heteroatoms. The van der Waals surface area contributed by atoms with Crippen LogP contribution in [0.5, 0.6) is 0 Å². The van der Waals surface area contributed by atoms with E-state index >= 15 is 0 Å². The van der Waals surface area contributed by atoms with Crippen LogP contribution in [0.4, 0.5) is 0 Å². The average Bonchev–Trinajstić information content (AvgIpc) is 2.83. The molecule has 0 spiro atoms. The van der Waals surface area contributed by atoms with E-state index in [0.717, 1.165) is 6.42 Å². The smallest absolute Gasteiger partial charge is 0.237 e. The first-order valence-corrected chi connectivity index (χ1v) is 8.05. The molecule has 0 aliphatic heterocycles. The minimum atomic E-state index is -0.343. The molecule has 1 aromatic rings. The molecule has 1 aliphatic rings. The standard InChI is InChI=1S/C15H24N2OS/c1-11-7-8-13(19-11)10-17-15(18)14(16)9-12-5-3-2-4-6-12/h7-8,12,14H,2-6,9-10,16H2,1H3,(H,17,18). The van der Waals surface area contributed by atoms with Crippen LogP contribution in [0.15, 0.2) is 12.1 Å². The molecular weight excluding hydrogens is 256 g/mol. The van der Waals surface area contributed by atoms with Gasteiger partial charge < -0.3 is 11.1 Å². The summed E-state index contributed by atoms with van der Waals surface area (Å²) in [6.07, 6.45) is 7.27. The van der Waals surface area contributed by atoms with Crippen molar-refractivity contribution in [3.63, 3.8) is 0 Å². The maximum absolute atomic E-state index is 12.0. The largest absolute Gasteiger partial charge is 0.350 e. The van der Waals surface area contributed by atoms with Gasteiger partial charge in [-0.25, -0.2) is 0 Å². The van der Waals surface area contributed by atoms with Crippen molar-refractivity contribution in [1.82, 2.24) is 5.32 Å². The Morgan fingerprint density at radius 3 is 2.79 bits per heavy atom. The van der Waals surface area contributed by atoms with Gasteiger partial charge in [-0.3, -0.25) is 4.79 Å². The molecule has 1 fully saturated rings. The van der Waals surface area contributed by atoms with Gasteiger partial charge in [0.05, 0.1) is 12.6 Å². The Hall–Kier alpha value is -0.870. The molecule has 1 amide bonds. The van der Waals surface area contributed by atoms with Crippen molar-refractivity contribution < 1.29 is 4.79 Å². The van der Waals surface area contributed by atoms with E-state index in [4.69, 9.17) is 5.73 Å². The van der Waals surface area contributed by atoms with Gasteiger partial charge in [-0.05, 0) is 31.4 Å². The summed E-state index contributed by atoms with van der Waals surface area (Å²) < 4.78 is 0. The normalized spacial score (nSPS) is 18.2. The van der Waals surface area contributed by atoms with Gasteiger partial charge in [0.2, 0.25) is 5.91 Å². The minimum Gasteiger partial charge on any atom is -0.350 e. The maximum atomic E-state index is 12.0. The van der Waals surface area contributed by atoms with Gasteiger partial charge in [0, 0.05) is 9.75 Å². The molecule has 1 saturated carbocycles. The van der Waals surface area contributed by atoms with Crippen LogP contribution in [-0.2, 0) is 11.3 Å². The van der Waals surface area contributed by atoms with Gasteiger partial charge in [-0.1, -0.05) is 32.1 Å². The van der Waals surface area contributed by atoms with Gasteiger partial charge >= 0.3 is 0 Å². The SMILES string of the molecule is Cc1ccc(CNC(=O)C(N)CC2CCCCC2)s1. The summed E-state index contributed by atoms with van der Waals surface area (Å²) in [4.78, 5) is 14.4. The molecule has 1 unspecified atom stereocenters. The average molecular weight is 280 g/mol. The lowest BCUT2D eigenvalue weighted by Gasteiger charge is -2.24. The van der Waals surface area contributed by atoms with Crippen molar-refractivity contribution >= 4 is 17.2 Å². The maximum Gasteiger partial charge on any atom is 0.237 e. The monoisotopic (exact) mass is 280 g/mol. The topological polar surface area (TPSA) is 55.1 Å². The van der Waals surface area contributed by atoms with Crippen molar-refractivity contribution in [2.45, 2.75) is 58.0 Å². The Bertz CT molecular complexity index is 410. The van der Waals surface area contributed by atoms with Crippen LogP contribution >= 0.6 is 11.3 Å². The molecule has 0 saturated heterocycles. The second-order valence-corrected chi connectivity index (χ2v) is 6.95. The molecule has 19 heavy (non-hydrogen) atoms. The zero-order valence-corrected chi connectivity index (χ0v) is 12.5. The first kappa shape index (κ1) is 14.5. The molecule has 1 aromatic heterocycles. The lowest BCUT2D eigenvalue weighted by molar-refractivity contribution is -0.122. The van der Waals surface area contributed by atoms with E-state index in [2.05, 4.69) is 24.4 Å². The fourth-order valence-electron chi connectivity index (χ4n) is 2.77. The molecule has 0 radical (unpaired) electrons. The number of hydrogen-bond donors (Lipinski definition) is 2. The first-order valence-electron chi connectivity index (χ1n) is 7.24. The molecule has 106 valence electrons. The predicted octanol–water partition coefficient (Wildman–Crippen LogP) is 2.97. The van der Waals surface area contributed by atoms with Crippen molar-refractivity contribution in [3.05, 3.63) is 21.9 Å². The molecule has 2 rings (SSSR count). The summed E-state index contributed by atoms with van der Waals surface area (Å²) in [5.74, 6) is 0.648. The van der Waals surface area contributed by atoms with Crippen molar-refractivity contribution in [1.29, 1.82) is 0 Å². The lowest BCUT2D eigenvalue weighted by atomic mass is 9.85. The van der Waals surface area contributed by atoms with Crippen molar-refractivity contribution in [3.8, 4) is 0 Å². The Kier molecular flexibility index (Phi) is 5.40. The van der Waals surface area contributed by atoms with E-state index < -0.39 is 0 Å². The summed E-state index contributed by atoms with van der Waals surface area (Å²) in [7, 11) is 0. The lowest BCUT2D eigenvalue weighted by Crippen LogP contribution is -2.41. The van der Waals surface area contributed by atoms with Crippen LogP contribution in [0.1, 0.15) is 48.3 Å². The number of nitrogens with two attached hydrogens (primary N) is 1. The Balaban J connectivity index is 1.72. The number of thiophene rings is 1. The van der Waals surface area contributed by atoms with Crippen LogP contribution in [0.2, 0.25) is 0 Å². The highest BCUT2D eigenvalue weighted by atomic mass is 32.1. The van der Waals surface area contributed by atoms with E-state index in [-0.39, 0.29) is 11.9 Å². The number of amides is 1. The number of rotatable bonds is 5. The minimum absolute atomic E-state index is 0.00312. The summed E-state index contributed by atoms with van der Waals surface area (Å²) in [6, 6.07) is 3.80. The van der Waals surface area contributed by atoms with E-state index in [1.807, 2.05) is 0 Å². The third-order valence-corrected chi connectivity index (χ3v) is 4.88. The Morgan fingerprint density at radius 1 is 1.42 bits per heavy atom. The van der Waals surface area contributed by atoms with E-state index in [9.17, 15) is 4.79 Å². The Morgan fingerprint density at radius 2 is 2.16 bits per heavy atom. The highest BCUT2D eigenvalue weighted by molar-refractivity contribution is 7.11. The van der Waals surface area contributed by atoms with Crippen molar-refractivity contribution in [2.24, 2.45) is 11.7 Å². The van der Waals surface area contributed by atoms with Crippen LogP contribution in [0.25, 0.3) is 0 Å². The summed E-state index contributed by atoms with van der Waals surface area (Å²) in [5.41, 5.74) is 6.01. The number of aryl methyl sites for hydroxylation is 1. The summed E-state index contributed by atoms with van der Waals surface area (Å²) in [6.45, 7) is 2.68. The van der Waals surface area contributed by atoms with Gasteiger partial charge in [0.25, 0.3) is 0 Å². The molecule has 3 nitrogen and oxygen atoms in total. The molecule has 1 atom stereocenters. The zero-order valence-electron chi connectivity index (χ0n) is 11.7. The first-order chi connectivity index (χ1) is 9.15. The fraction of sp³-hybridized carbons (Fsp3) is 0.667. The van der Waals surface area contributed by atoms with E-state index in [1.165, 1.54) is 41.9 Å². The predicted molar refractivity (Wildman–Crippen MR) is 80.1 cm³/mol. The van der Waals surface area contributed by atoms with Crippen LogP contribution in [-0.4, -0.2) is 11.9 Å². The highest BCUT2D eigenvalue weighted by Gasteiger charge is 2.21. The van der Waals surface area contributed by atoms with Gasteiger partial charge in [-0.2, -0.15) is 0 Å². The number of carbonyl (C=O) groups is 1. The molecular formula is C15H24N2OS. The Labute approximate surface area is 119 Å². The summed E-state index contributed by atoms with van der Waals surface area (Å²) >= 11 is 1.72. The highest BCUT2D eigenvalue weighted by Crippen LogP contribution is 2.27. The molecule has 3 N–H and O–H groups in total. The number of nitrogens with one attached hydrogen (secondary N) is 1. The quantitative estimate of drug-likeness (QED) is 0.871.